The fourth-order valence-electron chi connectivity index (χ4n) is 2.64. The number of hydrogen-bond donors (Lipinski definition) is 1. The van der Waals surface area contributed by atoms with E-state index in [0.29, 0.717) is 17.3 Å². The maximum atomic E-state index is 6.13. The smallest absolute Gasteiger partial charge is 0.107 e. The van der Waals surface area contributed by atoms with Crippen molar-refractivity contribution in [2.24, 2.45) is 11.3 Å². The summed E-state index contributed by atoms with van der Waals surface area (Å²) in [4.78, 5) is 1.40. The van der Waals surface area contributed by atoms with E-state index in [0.717, 1.165) is 28.5 Å². The summed E-state index contributed by atoms with van der Waals surface area (Å²) in [5.74, 6) is 1.32. The third-order valence-corrected chi connectivity index (χ3v) is 6.43. The molecule has 2 rings (SSSR count). The van der Waals surface area contributed by atoms with Crippen LogP contribution in [0.1, 0.15) is 24.6 Å². The van der Waals surface area contributed by atoms with E-state index >= 15 is 0 Å². The highest BCUT2D eigenvalue weighted by atomic mass is 79.9. The summed E-state index contributed by atoms with van der Waals surface area (Å²) in [6.45, 7) is 7.41. The minimum Gasteiger partial charge on any atom is -0.383 e. The first kappa shape index (κ1) is 14.8. The molecule has 1 fully saturated rings. The first-order valence-corrected chi connectivity index (χ1v) is 8.11. The van der Waals surface area contributed by atoms with Crippen molar-refractivity contribution in [1.82, 2.24) is 5.32 Å². The van der Waals surface area contributed by atoms with Gasteiger partial charge in [-0.1, -0.05) is 25.4 Å². The number of halogens is 2. The van der Waals surface area contributed by atoms with Gasteiger partial charge in [-0.15, -0.1) is 11.3 Å². The van der Waals surface area contributed by atoms with Crippen LogP contribution in [0.4, 0.5) is 0 Å². The average Bonchev–Trinajstić information content (AvgIpc) is 2.68. The van der Waals surface area contributed by atoms with Crippen LogP contribution in [-0.4, -0.2) is 26.8 Å². The molecule has 1 aromatic heterocycles. The molecule has 5 heteroatoms. The van der Waals surface area contributed by atoms with Crippen molar-refractivity contribution in [3.05, 3.63) is 19.8 Å². The molecule has 1 aromatic rings. The fourth-order valence-corrected chi connectivity index (χ4v) is 4.74. The summed E-state index contributed by atoms with van der Waals surface area (Å²) >= 11 is 11.3. The third-order valence-electron chi connectivity index (χ3n) is 3.87. The van der Waals surface area contributed by atoms with E-state index in [4.69, 9.17) is 16.3 Å². The van der Waals surface area contributed by atoms with Gasteiger partial charge in [0, 0.05) is 28.9 Å². The Morgan fingerprint density at radius 2 is 2.28 bits per heavy atom. The number of thiophene rings is 1. The summed E-state index contributed by atoms with van der Waals surface area (Å²) in [5, 5.41) is 3.46. The summed E-state index contributed by atoms with van der Waals surface area (Å²) < 4.78 is 6.93. The minimum absolute atomic E-state index is 0.369. The molecule has 1 heterocycles. The Hall–Kier alpha value is 0.390. The summed E-state index contributed by atoms with van der Waals surface area (Å²) in [6.07, 6.45) is 0. The molecular weight excluding hydrogens is 334 g/mol. The topological polar surface area (TPSA) is 21.3 Å². The van der Waals surface area contributed by atoms with Gasteiger partial charge in [0.15, 0.2) is 0 Å². The van der Waals surface area contributed by atoms with Crippen molar-refractivity contribution in [2.45, 2.75) is 19.8 Å². The Morgan fingerprint density at radius 1 is 1.56 bits per heavy atom. The molecule has 2 nitrogen and oxygen atoms in total. The first-order valence-electron chi connectivity index (χ1n) is 6.13. The summed E-state index contributed by atoms with van der Waals surface area (Å²) in [6, 6.07) is 2.18. The predicted molar refractivity (Wildman–Crippen MR) is 81.8 cm³/mol. The van der Waals surface area contributed by atoms with Gasteiger partial charge in [-0.2, -0.15) is 0 Å². The van der Waals surface area contributed by atoms with Crippen LogP contribution in [0.25, 0.3) is 0 Å². The minimum atomic E-state index is 0.369. The molecule has 0 spiro atoms. The second kappa shape index (κ2) is 5.80. The van der Waals surface area contributed by atoms with Crippen molar-refractivity contribution >= 4 is 38.9 Å². The lowest BCUT2D eigenvalue weighted by Gasteiger charge is -2.04. The van der Waals surface area contributed by atoms with Crippen molar-refractivity contribution < 1.29 is 4.74 Å². The Labute approximate surface area is 126 Å². The molecule has 2 atom stereocenters. The van der Waals surface area contributed by atoms with Crippen LogP contribution >= 0.6 is 38.9 Å². The molecule has 0 radical (unpaired) electrons. The fraction of sp³-hybridized carbons (Fsp3) is 0.692. The van der Waals surface area contributed by atoms with Crippen molar-refractivity contribution in [3.63, 3.8) is 0 Å². The molecule has 0 saturated heterocycles. The largest absolute Gasteiger partial charge is 0.383 e. The zero-order valence-corrected chi connectivity index (χ0v) is 14.1. The molecular formula is C13H19BrClNOS. The Kier molecular flexibility index (Phi) is 4.76. The highest BCUT2D eigenvalue weighted by molar-refractivity contribution is 9.10. The van der Waals surface area contributed by atoms with Crippen LogP contribution in [0.15, 0.2) is 10.5 Å². The van der Waals surface area contributed by atoms with E-state index < -0.39 is 0 Å². The van der Waals surface area contributed by atoms with Gasteiger partial charge >= 0.3 is 0 Å². The van der Waals surface area contributed by atoms with Crippen LogP contribution in [0.5, 0.6) is 0 Å². The number of methoxy groups -OCH3 is 1. The molecule has 0 aromatic carbocycles. The quantitative estimate of drug-likeness (QED) is 0.777. The van der Waals surface area contributed by atoms with E-state index in [1.54, 1.807) is 18.4 Å². The molecule has 2 unspecified atom stereocenters. The number of hydrogen-bond acceptors (Lipinski definition) is 3. The van der Waals surface area contributed by atoms with E-state index in [9.17, 15) is 0 Å². The SMILES string of the molecule is COCCNCC1C(c2cc(Br)c(Cl)s2)C1(C)C. The highest BCUT2D eigenvalue weighted by Gasteiger charge is 2.58. The molecule has 1 aliphatic carbocycles. The molecule has 102 valence electrons. The molecule has 0 bridgehead atoms. The molecule has 1 aliphatic rings. The Bertz CT molecular complexity index is 402. The van der Waals surface area contributed by atoms with Gasteiger partial charge in [0.2, 0.25) is 0 Å². The Morgan fingerprint density at radius 3 is 2.83 bits per heavy atom. The van der Waals surface area contributed by atoms with Crippen molar-refractivity contribution in [1.29, 1.82) is 0 Å². The van der Waals surface area contributed by atoms with Gasteiger partial charge < -0.3 is 10.1 Å². The van der Waals surface area contributed by atoms with Gasteiger partial charge in [-0.05, 0) is 39.9 Å². The predicted octanol–water partition coefficient (Wildman–Crippen LogP) is 4.14. The van der Waals surface area contributed by atoms with Crippen LogP contribution in [0.2, 0.25) is 4.34 Å². The first-order chi connectivity index (χ1) is 8.48. The van der Waals surface area contributed by atoms with Crippen LogP contribution in [-0.2, 0) is 4.74 Å². The van der Waals surface area contributed by atoms with Crippen LogP contribution < -0.4 is 5.32 Å². The van der Waals surface area contributed by atoms with Gasteiger partial charge in [-0.25, -0.2) is 0 Å². The zero-order valence-electron chi connectivity index (χ0n) is 10.9. The number of ether oxygens (including phenoxy) is 1. The molecule has 18 heavy (non-hydrogen) atoms. The van der Waals surface area contributed by atoms with Crippen molar-refractivity contribution in [2.75, 3.05) is 26.8 Å². The Balaban J connectivity index is 1.93. The highest BCUT2D eigenvalue weighted by Crippen LogP contribution is 2.65. The summed E-state index contributed by atoms with van der Waals surface area (Å²) in [5.41, 5.74) is 0.369. The van der Waals surface area contributed by atoms with E-state index in [-0.39, 0.29) is 0 Å². The van der Waals surface area contributed by atoms with Crippen LogP contribution in [0.3, 0.4) is 0 Å². The standard InChI is InChI=1S/C13H19BrClNOS/c1-13(2)8(7-16-4-5-17-3)11(13)10-6-9(14)12(15)18-10/h6,8,11,16H,4-5,7H2,1-3H3. The van der Waals surface area contributed by atoms with Gasteiger partial charge in [-0.3, -0.25) is 0 Å². The maximum absolute atomic E-state index is 6.13. The molecule has 0 amide bonds. The normalized spacial score (nSPS) is 25.4. The second-order valence-electron chi connectivity index (χ2n) is 5.37. The van der Waals surface area contributed by atoms with Gasteiger partial charge in [0.25, 0.3) is 0 Å². The van der Waals surface area contributed by atoms with Crippen LogP contribution in [0, 0.1) is 11.3 Å². The lowest BCUT2D eigenvalue weighted by molar-refractivity contribution is 0.198. The molecule has 1 saturated carbocycles. The maximum Gasteiger partial charge on any atom is 0.107 e. The monoisotopic (exact) mass is 351 g/mol. The average molecular weight is 353 g/mol. The molecule has 1 N–H and O–H groups in total. The molecule has 0 aliphatic heterocycles. The lowest BCUT2D eigenvalue weighted by Crippen LogP contribution is -2.22. The zero-order chi connectivity index (χ0) is 13.3. The van der Waals surface area contributed by atoms with E-state index in [1.807, 2.05) is 0 Å². The second-order valence-corrected chi connectivity index (χ2v) is 7.91. The number of nitrogens with one attached hydrogen (secondary N) is 1. The van der Waals surface area contributed by atoms with E-state index in [1.165, 1.54) is 4.88 Å². The van der Waals surface area contributed by atoms with Gasteiger partial charge in [0.1, 0.15) is 4.34 Å². The summed E-state index contributed by atoms with van der Waals surface area (Å²) in [7, 11) is 1.73. The third kappa shape index (κ3) is 2.93. The van der Waals surface area contributed by atoms with Gasteiger partial charge in [0.05, 0.1) is 6.61 Å². The van der Waals surface area contributed by atoms with E-state index in [2.05, 4.69) is 41.2 Å². The lowest BCUT2D eigenvalue weighted by atomic mass is 10.1. The van der Waals surface area contributed by atoms with Crippen molar-refractivity contribution in [3.8, 4) is 0 Å². The number of rotatable bonds is 6.